The molecule has 2 nitrogen and oxygen atoms in total. The Bertz CT molecular complexity index is 299. The monoisotopic (exact) mass is 175 g/mol. The first-order valence-corrected chi connectivity index (χ1v) is 4.72. The van der Waals surface area contributed by atoms with Crippen molar-refractivity contribution in [2.75, 3.05) is 0 Å². The summed E-state index contributed by atoms with van der Waals surface area (Å²) in [4.78, 5) is 0. The number of hydrogen-bond donors (Lipinski definition) is 0. The van der Waals surface area contributed by atoms with Crippen molar-refractivity contribution in [1.82, 2.24) is 0 Å². The SMILES string of the molecule is CCc1cccc[n+]1CCCC#N. The summed E-state index contributed by atoms with van der Waals surface area (Å²) < 4.78 is 2.22. The molecule has 0 bridgehead atoms. The minimum atomic E-state index is 0.644. The van der Waals surface area contributed by atoms with Gasteiger partial charge in [0.15, 0.2) is 11.9 Å². The van der Waals surface area contributed by atoms with Crippen LogP contribution in [-0.2, 0) is 13.0 Å². The molecule has 68 valence electrons. The Labute approximate surface area is 79.4 Å². The zero-order valence-electron chi connectivity index (χ0n) is 8.03. The lowest BCUT2D eigenvalue weighted by Crippen LogP contribution is -2.37. The summed E-state index contributed by atoms with van der Waals surface area (Å²) in [6.45, 7) is 3.10. The summed E-state index contributed by atoms with van der Waals surface area (Å²) >= 11 is 0. The summed E-state index contributed by atoms with van der Waals surface area (Å²) in [5, 5.41) is 8.41. The third kappa shape index (κ3) is 2.87. The third-order valence-electron chi connectivity index (χ3n) is 2.08. The zero-order valence-corrected chi connectivity index (χ0v) is 8.03. The minimum Gasteiger partial charge on any atom is -0.202 e. The normalized spacial score (nSPS) is 9.54. The van der Waals surface area contributed by atoms with Gasteiger partial charge in [0.25, 0.3) is 0 Å². The van der Waals surface area contributed by atoms with E-state index in [0.717, 1.165) is 19.4 Å². The lowest BCUT2D eigenvalue weighted by atomic mass is 10.2. The summed E-state index contributed by atoms with van der Waals surface area (Å²) in [6, 6.07) is 8.38. The molecule has 1 rings (SSSR count). The average Bonchev–Trinajstić information content (AvgIpc) is 2.19. The van der Waals surface area contributed by atoms with Gasteiger partial charge in [0.05, 0.1) is 6.07 Å². The predicted molar refractivity (Wildman–Crippen MR) is 50.9 cm³/mol. The number of aromatic nitrogens is 1. The number of aryl methyl sites for hydroxylation is 2. The van der Waals surface area contributed by atoms with E-state index in [1.807, 2.05) is 6.07 Å². The molecule has 1 heterocycles. The molecule has 0 fully saturated rings. The molecule has 0 aliphatic rings. The highest BCUT2D eigenvalue weighted by Crippen LogP contribution is 1.94. The molecule has 0 unspecified atom stereocenters. The Morgan fingerprint density at radius 1 is 1.46 bits per heavy atom. The highest BCUT2D eigenvalue weighted by atomic mass is 14.9. The molecule has 1 aromatic rings. The van der Waals surface area contributed by atoms with E-state index in [4.69, 9.17) is 5.26 Å². The largest absolute Gasteiger partial charge is 0.202 e. The van der Waals surface area contributed by atoms with Crippen LogP contribution < -0.4 is 4.57 Å². The number of unbranched alkanes of at least 4 members (excludes halogenated alkanes) is 1. The first-order valence-electron chi connectivity index (χ1n) is 4.72. The van der Waals surface area contributed by atoms with E-state index < -0.39 is 0 Å². The number of pyridine rings is 1. The molecule has 0 aliphatic heterocycles. The highest BCUT2D eigenvalue weighted by molar-refractivity contribution is 4.96. The van der Waals surface area contributed by atoms with E-state index in [2.05, 4.69) is 35.9 Å². The fourth-order valence-electron chi connectivity index (χ4n) is 1.38. The Morgan fingerprint density at radius 2 is 2.31 bits per heavy atom. The van der Waals surface area contributed by atoms with E-state index in [1.54, 1.807) is 0 Å². The smallest absolute Gasteiger partial charge is 0.181 e. The Morgan fingerprint density at radius 3 is 3.00 bits per heavy atom. The number of rotatable bonds is 4. The standard InChI is InChI=1S/C11H15N2/c1-2-11-7-3-5-9-13(11)10-6-4-8-12/h3,5,7,9H,2,4,6,10H2,1H3/q+1. The fourth-order valence-corrected chi connectivity index (χ4v) is 1.38. The molecule has 1 aromatic heterocycles. The molecule has 0 radical (unpaired) electrons. The fraction of sp³-hybridized carbons (Fsp3) is 0.455. The van der Waals surface area contributed by atoms with Crippen LogP contribution >= 0.6 is 0 Å². The van der Waals surface area contributed by atoms with Gasteiger partial charge in [-0.15, -0.1) is 0 Å². The Hall–Kier alpha value is -1.36. The highest BCUT2D eigenvalue weighted by Gasteiger charge is 2.05. The lowest BCUT2D eigenvalue weighted by molar-refractivity contribution is -0.704. The van der Waals surface area contributed by atoms with Crippen LogP contribution in [0, 0.1) is 11.3 Å². The van der Waals surface area contributed by atoms with Crippen molar-refractivity contribution in [1.29, 1.82) is 5.26 Å². The van der Waals surface area contributed by atoms with Crippen LogP contribution in [0.1, 0.15) is 25.5 Å². The summed E-state index contributed by atoms with van der Waals surface area (Å²) in [6.07, 6.45) is 4.72. The molecular weight excluding hydrogens is 160 g/mol. The molecule has 0 atom stereocenters. The summed E-state index contributed by atoms with van der Waals surface area (Å²) in [7, 11) is 0. The van der Waals surface area contributed by atoms with Crippen molar-refractivity contribution in [2.45, 2.75) is 32.7 Å². The molecular formula is C11H15N2+. The van der Waals surface area contributed by atoms with Gasteiger partial charge in [-0.2, -0.15) is 5.26 Å². The number of hydrogen-bond acceptors (Lipinski definition) is 1. The molecule has 0 saturated carbocycles. The van der Waals surface area contributed by atoms with Crippen molar-refractivity contribution in [2.24, 2.45) is 0 Å². The first kappa shape index (κ1) is 9.73. The van der Waals surface area contributed by atoms with Crippen LogP contribution in [0.5, 0.6) is 0 Å². The molecule has 0 N–H and O–H groups in total. The maximum absolute atomic E-state index is 8.41. The molecule has 2 heteroatoms. The van der Waals surface area contributed by atoms with E-state index in [-0.39, 0.29) is 0 Å². The van der Waals surface area contributed by atoms with E-state index in [0.29, 0.717) is 6.42 Å². The van der Waals surface area contributed by atoms with Gasteiger partial charge in [-0.05, 0) is 0 Å². The van der Waals surface area contributed by atoms with Crippen molar-refractivity contribution in [3.05, 3.63) is 30.1 Å². The van der Waals surface area contributed by atoms with Gasteiger partial charge >= 0.3 is 0 Å². The van der Waals surface area contributed by atoms with Gasteiger partial charge in [-0.1, -0.05) is 13.0 Å². The maximum atomic E-state index is 8.41. The second-order valence-electron chi connectivity index (χ2n) is 3.00. The van der Waals surface area contributed by atoms with Crippen molar-refractivity contribution < 1.29 is 4.57 Å². The summed E-state index contributed by atoms with van der Waals surface area (Å²) in [5.74, 6) is 0. The predicted octanol–water partition coefficient (Wildman–Crippen LogP) is 1.84. The van der Waals surface area contributed by atoms with E-state index >= 15 is 0 Å². The molecule has 0 amide bonds. The molecule has 0 aliphatic carbocycles. The van der Waals surface area contributed by atoms with Crippen LogP contribution in [0.2, 0.25) is 0 Å². The van der Waals surface area contributed by atoms with Gasteiger partial charge in [-0.3, -0.25) is 0 Å². The Balaban J connectivity index is 2.60. The van der Waals surface area contributed by atoms with Crippen molar-refractivity contribution in [3.8, 4) is 6.07 Å². The van der Waals surface area contributed by atoms with Crippen molar-refractivity contribution in [3.63, 3.8) is 0 Å². The summed E-state index contributed by atoms with van der Waals surface area (Å²) in [5.41, 5.74) is 1.33. The van der Waals surface area contributed by atoms with Gasteiger partial charge in [0, 0.05) is 31.4 Å². The van der Waals surface area contributed by atoms with Crippen LogP contribution in [0.15, 0.2) is 24.4 Å². The van der Waals surface area contributed by atoms with Gasteiger partial charge in [-0.25, -0.2) is 4.57 Å². The number of nitrogens with zero attached hydrogens (tertiary/aromatic N) is 2. The van der Waals surface area contributed by atoms with Crippen LogP contribution in [0.3, 0.4) is 0 Å². The molecule has 0 spiro atoms. The van der Waals surface area contributed by atoms with Crippen LogP contribution in [0.25, 0.3) is 0 Å². The molecule has 13 heavy (non-hydrogen) atoms. The molecule has 0 aromatic carbocycles. The second kappa shape index (κ2) is 5.31. The zero-order chi connectivity index (χ0) is 9.52. The average molecular weight is 175 g/mol. The quantitative estimate of drug-likeness (QED) is 0.507. The number of nitriles is 1. The van der Waals surface area contributed by atoms with Crippen LogP contribution in [-0.4, -0.2) is 0 Å². The van der Waals surface area contributed by atoms with E-state index in [1.165, 1.54) is 5.69 Å². The Kier molecular flexibility index (Phi) is 3.98. The van der Waals surface area contributed by atoms with Crippen LogP contribution in [0.4, 0.5) is 0 Å². The third-order valence-corrected chi connectivity index (χ3v) is 2.08. The van der Waals surface area contributed by atoms with Crippen molar-refractivity contribution >= 4 is 0 Å². The van der Waals surface area contributed by atoms with Gasteiger partial charge in [0.2, 0.25) is 0 Å². The minimum absolute atomic E-state index is 0.644. The van der Waals surface area contributed by atoms with E-state index in [9.17, 15) is 0 Å². The lowest BCUT2D eigenvalue weighted by Gasteiger charge is -1.99. The topological polar surface area (TPSA) is 27.7 Å². The van der Waals surface area contributed by atoms with Gasteiger partial charge < -0.3 is 0 Å². The maximum Gasteiger partial charge on any atom is 0.181 e. The molecule has 0 saturated heterocycles. The van der Waals surface area contributed by atoms with Gasteiger partial charge in [0.1, 0.15) is 6.54 Å². The second-order valence-corrected chi connectivity index (χ2v) is 3.00. The first-order chi connectivity index (χ1) is 6.38.